The summed E-state index contributed by atoms with van der Waals surface area (Å²) in [5.41, 5.74) is 2.50. The van der Waals surface area contributed by atoms with Gasteiger partial charge in [-0.3, -0.25) is 9.69 Å². The van der Waals surface area contributed by atoms with E-state index in [0.29, 0.717) is 49.1 Å². The lowest BCUT2D eigenvalue weighted by molar-refractivity contribution is 0.180. The van der Waals surface area contributed by atoms with Gasteiger partial charge in [-0.15, -0.1) is 0 Å². The van der Waals surface area contributed by atoms with E-state index in [9.17, 15) is 13.2 Å². The normalized spacial score (nSPS) is 15.5. The topological polar surface area (TPSA) is 97.1 Å². The molecule has 2 aromatic carbocycles. The first-order valence-electron chi connectivity index (χ1n) is 11.2. The Labute approximate surface area is 207 Å². The number of rotatable bonds is 6. The zero-order valence-corrected chi connectivity index (χ0v) is 21.1. The Kier molecular flexibility index (Phi) is 6.41. The highest BCUT2D eigenvalue weighted by molar-refractivity contribution is 7.89. The van der Waals surface area contributed by atoms with E-state index in [1.54, 1.807) is 31.4 Å². The molecule has 1 saturated heterocycles. The van der Waals surface area contributed by atoms with E-state index < -0.39 is 10.0 Å². The van der Waals surface area contributed by atoms with Gasteiger partial charge in [-0.05, 0) is 36.8 Å². The zero-order valence-electron chi connectivity index (χ0n) is 19.4. The van der Waals surface area contributed by atoms with Gasteiger partial charge in [-0.1, -0.05) is 35.6 Å². The minimum Gasteiger partial charge on any atom is -0.497 e. The van der Waals surface area contributed by atoms with Crippen molar-refractivity contribution in [2.75, 3.05) is 33.3 Å². The molecule has 0 N–H and O–H groups in total. The first-order valence-corrected chi connectivity index (χ1v) is 13.4. The van der Waals surface area contributed by atoms with Crippen molar-refractivity contribution >= 4 is 26.3 Å². The van der Waals surface area contributed by atoms with Crippen LogP contribution in [-0.2, 0) is 16.6 Å². The van der Waals surface area contributed by atoms with Gasteiger partial charge in [0.1, 0.15) is 10.8 Å². The van der Waals surface area contributed by atoms with Crippen LogP contribution in [0.3, 0.4) is 0 Å². The fourth-order valence-electron chi connectivity index (χ4n) is 4.11. The number of nitrogens with zero attached hydrogens (tertiary/aromatic N) is 5. The zero-order chi connectivity index (χ0) is 24.6. The number of ether oxygens (including phenoxy) is 1. The Bertz CT molecular complexity index is 1520. The highest BCUT2D eigenvalue weighted by Crippen LogP contribution is 2.27. The number of aromatic nitrogens is 3. The number of hydrogen-bond donors (Lipinski definition) is 0. The molecule has 0 bridgehead atoms. The molecule has 35 heavy (non-hydrogen) atoms. The van der Waals surface area contributed by atoms with Crippen LogP contribution >= 0.6 is 11.3 Å². The molecule has 0 radical (unpaired) electrons. The molecule has 0 atom stereocenters. The van der Waals surface area contributed by atoms with Crippen molar-refractivity contribution in [3.05, 3.63) is 76.2 Å². The van der Waals surface area contributed by atoms with Gasteiger partial charge < -0.3 is 4.74 Å². The minimum absolute atomic E-state index is 0.221. The SMILES string of the molecule is COc1ccc(S(=O)(=O)N2CCN(Cc3cc(=O)n4nc(-c5ccccc5C)sc4n3)CC2)cc1. The molecule has 0 unspecified atom stereocenters. The third-order valence-electron chi connectivity index (χ3n) is 6.09. The Balaban J connectivity index is 1.29. The molecular weight excluding hydrogens is 486 g/mol. The number of hydrogen-bond acceptors (Lipinski definition) is 8. The number of sulfonamides is 1. The van der Waals surface area contributed by atoms with E-state index in [-0.39, 0.29) is 10.5 Å². The maximum Gasteiger partial charge on any atom is 0.275 e. The van der Waals surface area contributed by atoms with Gasteiger partial charge in [0.05, 0.1) is 17.7 Å². The lowest BCUT2D eigenvalue weighted by Gasteiger charge is -2.33. The molecular formula is C24H25N5O4S2. The molecule has 0 aliphatic carbocycles. The molecule has 0 saturated carbocycles. The summed E-state index contributed by atoms with van der Waals surface area (Å²) in [6.45, 7) is 4.32. The Morgan fingerprint density at radius 2 is 1.74 bits per heavy atom. The van der Waals surface area contributed by atoms with Gasteiger partial charge >= 0.3 is 0 Å². The van der Waals surface area contributed by atoms with E-state index in [2.05, 4.69) is 15.0 Å². The van der Waals surface area contributed by atoms with E-state index in [4.69, 9.17) is 4.74 Å². The Morgan fingerprint density at radius 3 is 2.43 bits per heavy atom. The smallest absolute Gasteiger partial charge is 0.275 e. The molecule has 0 spiro atoms. The van der Waals surface area contributed by atoms with Crippen LogP contribution in [0.5, 0.6) is 5.75 Å². The summed E-state index contributed by atoms with van der Waals surface area (Å²) in [7, 11) is -2.03. The minimum atomic E-state index is -3.57. The lowest BCUT2D eigenvalue weighted by Crippen LogP contribution is -2.48. The van der Waals surface area contributed by atoms with Crippen molar-refractivity contribution in [1.29, 1.82) is 0 Å². The van der Waals surface area contributed by atoms with Crippen molar-refractivity contribution in [2.24, 2.45) is 0 Å². The van der Waals surface area contributed by atoms with Crippen LogP contribution in [0.4, 0.5) is 0 Å². The van der Waals surface area contributed by atoms with Gasteiger partial charge in [0, 0.05) is 44.4 Å². The van der Waals surface area contributed by atoms with E-state index in [1.807, 2.05) is 31.2 Å². The Hall–Kier alpha value is -3.12. The van der Waals surface area contributed by atoms with E-state index in [0.717, 1.165) is 16.1 Å². The van der Waals surface area contributed by atoms with E-state index >= 15 is 0 Å². The molecule has 182 valence electrons. The summed E-state index contributed by atoms with van der Waals surface area (Å²) < 4.78 is 33.9. The van der Waals surface area contributed by atoms with Gasteiger partial charge in [0.2, 0.25) is 15.0 Å². The average molecular weight is 512 g/mol. The molecule has 9 nitrogen and oxygen atoms in total. The predicted octanol–water partition coefficient (Wildman–Crippen LogP) is 2.64. The van der Waals surface area contributed by atoms with Crippen LogP contribution in [0.1, 0.15) is 11.3 Å². The first-order chi connectivity index (χ1) is 16.8. The van der Waals surface area contributed by atoms with Crippen molar-refractivity contribution in [3.63, 3.8) is 0 Å². The van der Waals surface area contributed by atoms with Gasteiger partial charge in [-0.25, -0.2) is 13.4 Å². The number of aryl methyl sites for hydroxylation is 1. The highest BCUT2D eigenvalue weighted by Gasteiger charge is 2.28. The second-order valence-corrected chi connectivity index (χ2v) is 11.3. The molecule has 4 aromatic rings. The summed E-state index contributed by atoms with van der Waals surface area (Å²) in [6, 6.07) is 15.8. The summed E-state index contributed by atoms with van der Waals surface area (Å²) in [4.78, 5) is 20.3. The number of fused-ring (bicyclic) bond motifs is 1. The van der Waals surface area contributed by atoms with Crippen molar-refractivity contribution in [3.8, 4) is 16.3 Å². The number of benzene rings is 2. The maximum atomic E-state index is 13.0. The quantitative estimate of drug-likeness (QED) is 0.393. The maximum absolute atomic E-state index is 13.0. The molecule has 0 amide bonds. The molecule has 5 rings (SSSR count). The van der Waals surface area contributed by atoms with Gasteiger partial charge in [0.15, 0.2) is 0 Å². The van der Waals surface area contributed by atoms with Crippen molar-refractivity contribution < 1.29 is 13.2 Å². The largest absolute Gasteiger partial charge is 0.497 e. The van der Waals surface area contributed by atoms with Crippen LogP contribution < -0.4 is 10.3 Å². The molecule has 3 heterocycles. The standard InChI is InChI=1S/C24H25N5O4S2/c1-17-5-3-4-6-21(17)23-26-29-22(30)15-18(25-24(29)34-23)16-27-11-13-28(14-12-27)35(31,32)20-9-7-19(33-2)8-10-20/h3-10,15H,11-14,16H2,1-2H3. The third kappa shape index (κ3) is 4.72. The summed E-state index contributed by atoms with van der Waals surface area (Å²) in [5, 5.41) is 5.23. The monoisotopic (exact) mass is 511 g/mol. The summed E-state index contributed by atoms with van der Waals surface area (Å²) in [6.07, 6.45) is 0. The fourth-order valence-corrected chi connectivity index (χ4v) is 6.55. The lowest BCUT2D eigenvalue weighted by atomic mass is 10.1. The van der Waals surface area contributed by atoms with Crippen LogP contribution in [0.2, 0.25) is 0 Å². The second kappa shape index (κ2) is 9.50. The van der Waals surface area contributed by atoms with Crippen LogP contribution in [0.15, 0.2) is 64.3 Å². The Morgan fingerprint density at radius 1 is 1.03 bits per heavy atom. The van der Waals surface area contributed by atoms with Crippen molar-refractivity contribution in [2.45, 2.75) is 18.4 Å². The van der Waals surface area contributed by atoms with Crippen LogP contribution in [0, 0.1) is 6.92 Å². The third-order valence-corrected chi connectivity index (χ3v) is 8.94. The first kappa shape index (κ1) is 23.6. The van der Waals surface area contributed by atoms with Crippen LogP contribution in [0.25, 0.3) is 15.5 Å². The predicted molar refractivity (Wildman–Crippen MR) is 134 cm³/mol. The van der Waals surface area contributed by atoms with Gasteiger partial charge in [-0.2, -0.15) is 13.9 Å². The molecule has 1 fully saturated rings. The van der Waals surface area contributed by atoms with Crippen molar-refractivity contribution in [1.82, 2.24) is 23.8 Å². The molecule has 2 aromatic heterocycles. The molecule has 11 heteroatoms. The van der Waals surface area contributed by atoms with E-state index in [1.165, 1.54) is 26.2 Å². The summed E-state index contributed by atoms with van der Waals surface area (Å²) >= 11 is 1.38. The average Bonchev–Trinajstić information content (AvgIpc) is 3.29. The number of methoxy groups -OCH3 is 1. The second-order valence-electron chi connectivity index (χ2n) is 8.36. The van der Waals surface area contributed by atoms with Gasteiger partial charge in [0.25, 0.3) is 5.56 Å². The highest BCUT2D eigenvalue weighted by atomic mass is 32.2. The summed E-state index contributed by atoms with van der Waals surface area (Å²) in [5.74, 6) is 0.612. The van der Waals surface area contributed by atoms with Crippen LogP contribution in [-0.4, -0.2) is 65.5 Å². The number of piperazine rings is 1. The molecule has 1 aliphatic heterocycles. The molecule has 1 aliphatic rings. The fraction of sp³-hybridized carbons (Fsp3) is 0.292.